The minimum Gasteiger partial charge on any atom is -0.339 e. The first-order chi connectivity index (χ1) is 10.5. The highest BCUT2D eigenvalue weighted by Crippen LogP contribution is 2.26. The van der Waals surface area contributed by atoms with E-state index < -0.39 is 0 Å². The van der Waals surface area contributed by atoms with Gasteiger partial charge in [0, 0.05) is 30.6 Å². The molecule has 0 aliphatic carbocycles. The molecule has 1 fully saturated rings. The number of carbonyl (C=O) groups is 1. The molecule has 0 saturated carbocycles. The molecule has 0 spiro atoms. The molecule has 1 saturated heterocycles. The highest BCUT2D eigenvalue weighted by molar-refractivity contribution is 5.92. The second-order valence-electron chi connectivity index (χ2n) is 6.17. The molecule has 1 unspecified atom stereocenters. The van der Waals surface area contributed by atoms with Crippen LogP contribution in [0.5, 0.6) is 0 Å². The maximum atomic E-state index is 12.5. The van der Waals surface area contributed by atoms with Gasteiger partial charge in [-0.3, -0.25) is 9.89 Å². The van der Waals surface area contributed by atoms with Gasteiger partial charge in [0.1, 0.15) is 5.69 Å². The van der Waals surface area contributed by atoms with Crippen molar-refractivity contribution in [3.8, 4) is 0 Å². The third-order valence-electron chi connectivity index (χ3n) is 3.95. The molecule has 0 bridgehead atoms. The van der Waals surface area contributed by atoms with E-state index in [9.17, 15) is 4.79 Å². The van der Waals surface area contributed by atoms with Crippen LogP contribution in [-0.2, 0) is 0 Å². The van der Waals surface area contributed by atoms with Gasteiger partial charge in [-0.25, -0.2) is 0 Å². The maximum Gasteiger partial charge on any atom is 0.274 e. The topological polar surface area (TPSA) is 87.9 Å². The van der Waals surface area contributed by atoms with Crippen molar-refractivity contribution in [2.75, 3.05) is 13.1 Å². The maximum absolute atomic E-state index is 12.5. The van der Waals surface area contributed by atoms with Crippen LogP contribution in [0.2, 0.25) is 0 Å². The number of hydrogen-bond donors (Lipinski definition) is 1. The molecule has 1 N–H and O–H groups in total. The fourth-order valence-corrected chi connectivity index (χ4v) is 2.71. The van der Waals surface area contributed by atoms with Gasteiger partial charge in [0.05, 0.1) is 0 Å². The molecule has 118 valence electrons. The first-order valence-corrected chi connectivity index (χ1v) is 7.69. The van der Waals surface area contributed by atoms with E-state index in [1.54, 1.807) is 6.07 Å². The van der Waals surface area contributed by atoms with Crippen molar-refractivity contribution >= 4 is 5.91 Å². The van der Waals surface area contributed by atoms with Crippen molar-refractivity contribution in [1.29, 1.82) is 0 Å². The molecule has 2 aromatic rings. The van der Waals surface area contributed by atoms with Crippen LogP contribution in [0.3, 0.4) is 0 Å². The van der Waals surface area contributed by atoms with Gasteiger partial charge in [0.15, 0.2) is 5.82 Å². The van der Waals surface area contributed by atoms with E-state index in [-0.39, 0.29) is 17.7 Å². The number of rotatable bonds is 3. The number of carbonyl (C=O) groups excluding carboxylic acids is 1. The molecule has 3 heterocycles. The molecule has 1 aliphatic rings. The van der Waals surface area contributed by atoms with Gasteiger partial charge in [-0.05, 0) is 25.8 Å². The molecule has 22 heavy (non-hydrogen) atoms. The molecular weight excluding hydrogens is 282 g/mol. The third kappa shape index (κ3) is 2.88. The number of piperidine rings is 1. The monoisotopic (exact) mass is 303 g/mol. The Morgan fingerprint density at radius 2 is 2.32 bits per heavy atom. The summed E-state index contributed by atoms with van der Waals surface area (Å²) in [7, 11) is 0. The lowest BCUT2D eigenvalue weighted by atomic mass is 9.97. The lowest BCUT2D eigenvalue weighted by molar-refractivity contribution is 0.0697. The number of amides is 1. The van der Waals surface area contributed by atoms with E-state index in [2.05, 4.69) is 20.3 Å². The normalized spacial score (nSPS) is 18.9. The van der Waals surface area contributed by atoms with Gasteiger partial charge in [0.2, 0.25) is 5.89 Å². The smallest absolute Gasteiger partial charge is 0.274 e. The minimum atomic E-state index is -0.0402. The fourth-order valence-electron chi connectivity index (χ4n) is 2.71. The van der Waals surface area contributed by atoms with Gasteiger partial charge in [-0.2, -0.15) is 10.1 Å². The summed E-state index contributed by atoms with van der Waals surface area (Å²) in [4.78, 5) is 18.8. The molecular formula is C15H21N5O2. The molecule has 3 rings (SSSR count). The second kappa shape index (κ2) is 5.90. The van der Waals surface area contributed by atoms with Crippen LogP contribution in [-0.4, -0.2) is 44.2 Å². The number of hydrogen-bond acceptors (Lipinski definition) is 5. The van der Waals surface area contributed by atoms with Crippen molar-refractivity contribution in [2.45, 2.75) is 45.4 Å². The van der Waals surface area contributed by atoms with Crippen LogP contribution < -0.4 is 0 Å². The summed E-state index contributed by atoms with van der Waals surface area (Å²) < 4.78 is 5.28. The lowest BCUT2D eigenvalue weighted by Gasteiger charge is -2.30. The van der Waals surface area contributed by atoms with Gasteiger partial charge in [0.25, 0.3) is 5.91 Å². The molecule has 1 amide bonds. The van der Waals surface area contributed by atoms with Crippen LogP contribution >= 0.6 is 0 Å². The van der Waals surface area contributed by atoms with Gasteiger partial charge < -0.3 is 9.42 Å². The van der Waals surface area contributed by atoms with Gasteiger partial charge in [-0.15, -0.1) is 0 Å². The molecule has 7 heteroatoms. The number of aromatic nitrogens is 4. The Balaban J connectivity index is 1.72. The quantitative estimate of drug-likeness (QED) is 0.939. The van der Waals surface area contributed by atoms with Crippen molar-refractivity contribution in [3.63, 3.8) is 0 Å². The highest BCUT2D eigenvalue weighted by Gasteiger charge is 2.29. The van der Waals surface area contributed by atoms with E-state index in [0.29, 0.717) is 24.0 Å². The molecule has 7 nitrogen and oxygen atoms in total. The number of nitrogens with zero attached hydrogens (tertiary/aromatic N) is 4. The molecule has 2 aromatic heterocycles. The zero-order valence-corrected chi connectivity index (χ0v) is 13.2. The Hall–Kier alpha value is -2.18. The fraction of sp³-hybridized carbons (Fsp3) is 0.600. The van der Waals surface area contributed by atoms with Crippen LogP contribution in [0.25, 0.3) is 0 Å². The predicted octanol–water partition coefficient (Wildman–Crippen LogP) is 2.24. The number of H-pyrrole nitrogens is 1. The Kier molecular flexibility index (Phi) is 3.96. The van der Waals surface area contributed by atoms with Crippen LogP contribution in [0.15, 0.2) is 10.6 Å². The Morgan fingerprint density at radius 3 is 2.95 bits per heavy atom. The summed E-state index contributed by atoms with van der Waals surface area (Å²) in [5.74, 6) is 1.67. The van der Waals surface area contributed by atoms with E-state index in [4.69, 9.17) is 4.52 Å². The number of aromatic amines is 1. The summed E-state index contributed by atoms with van der Waals surface area (Å²) >= 11 is 0. The average Bonchev–Trinajstić information content (AvgIpc) is 3.15. The van der Waals surface area contributed by atoms with Gasteiger partial charge in [-0.1, -0.05) is 19.0 Å². The molecule has 0 radical (unpaired) electrons. The predicted molar refractivity (Wildman–Crippen MR) is 79.6 cm³/mol. The molecule has 1 aliphatic heterocycles. The van der Waals surface area contributed by atoms with E-state index in [0.717, 1.165) is 25.1 Å². The largest absolute Gasteiger partial charge is 0.339 e. The van der Waals surface area contributed by atoms with Gasteiger partial charge >= 0.3 is 0 Å². The minimum absolute atomic E-state index is 0.0402. The highest BCUT2D eigenvalue weighted by atomic mass is 16.5. The summed E-state index contributed by atoms with van der Waals surface area (Å²) in [6, 6.07) is 1.77. The first-order valence-electron chi connectivity index (χ1n) is 7.69. The summed E-state index contributed by atoms with van der Waals surface area (Å²) in [5, 5.41) is 10.9. The number of aryl methyl sites for hydroxylation is 1. The third-order valence-corrected chi connectivity index (χ3v) is 3.95. The van der Waals surface area contributed by atoms with Crippen molar-refractivity contribution in [2.24, 2.45) is 0 Å². The molecule has 0 aromatic carbocycles. The summed E-state index contributed by atoms with van der Waals surface area (Å²) in [6.07, 6.45) is 1.91. The number of likely N-dealkylation sites (tertiary alicyclic amines) is 1. The zero-order valence-electron chi connectivity index (χ0n) is 13.2. The van der Waals surface area contributed by atoms with Crippen molar-refractivity contribution in [1.82, 2.24) is 25.2 Å². The second-order valence-corrected chi connectivity index (χ2v) is 6.17. The Morgan fingerprint density at radius 1 is 1.50 bits per heavy atom. The standard InChI is InChI=1S/C15H21N5O2/c1-9(2)14-16-13(19-22-14)11-5-4-6-20(8-11)15(21)12-7-10(3)17-18-12/h7,9,11H,4-6,8H2,1-3H3,(H,17,18). The zero-order chi connectivity index (χ0) is 15.7. The van der Waals surface area contributed by atoms with Crippen LogP contribution in [0.1, 0.15) is 66.4 Å². The van der Waals surface area contributed by atoms with Crippen molar-refractivity contribution < 1.29 is 9.32 Å². The summed E-state index contributed by atoms with van der Waals surface area (Å²) in [6.45, 7) is 7.29. The SMILES string of the molecule is Cc1cc(C(=O)N2CCCC(c3noc(C(C)C)n3)C2)n[nH]1. The first kappa shape index (κ1) is 14.7. The number of nitrogens with one attached hydrogen (secondary N) is 1. The molecule has 1 atom stereocenters. The average molecular weight is 303 g/mol. The summed E-state index contributed by atoms with van der Waals surface area (Å²) in [5.41, 5.74) is 1.35. The lowest BCUT2D eigenvalue weighted by Crippen LogP contribution is -2.39. The Labute approximate surface area is 129 Å². The van der Waals surface area contributed by atoms with E-state index in [1.807, 2.05) is 25.7 Å². The van der Waals surface area contributed by atoms with E-state index >= 15 is 0 Å². The van der Waals surface area contributed by atoms with E-state index in [1.165, 1.54) is 0 Å². The van der Waals surface area contributed by atoms with Crippen molar-refractivity contribution in [3.05, 3.63) is 29.2 Å². The Bertz CT molecular complexity index is 660. The van der Waals surface area contributed by atoms with Crippen LogP contribution in [0.4, 0.5) is 0 Å². The van der Waals surface area contributed by atoms with Crippen LogP contribution in [0, 0.1) is 6.92 Å².